The first-order valence-corrected chi connectivity index (χ1v) is 3.82. The first kappa shape index (κ1) is 10.6. The monoisotopic (exact) mass is 207 g/mol. The summed E-state index contributed by atoms with van der Waals surface area (Å²) in [7, 11) is 0. The van der Waals surface area contributed by atoms with Crippen molar-refractivity contribution < 1.29 is 22.6 Å². The molecule has 0 bridgehead atoms. The SMILES string of the molecule is CC(Oc1ccc[n+]([O-])c1)C(F)(F)F. The molecule has 1 aromatic rings. The minimum absolute atomic E-state index is 0.104. The minimum atomic E-state index is -4.43. The van der Waals surface area contributed by atoms with Crippen molar-refractivity contribution >= 4 is 0 Å². The molecule has 1 atom stereocenters. The van der Waals surface area contributed by atoms with Gasteiger partial charge in [0.15, 0.2) is 18.1 Å². The second-order valence-electron chi connectivity index (χ2n) is 2.70. The van der Waals surface area contributed by atoms with Gasteiger partial charge < -0.3 is 9.94 Å². The second-order valence-corrected chi connectivity index (χ2v) is 2.70. The summed E-state index contributed by atoms with van der Waals surface area (Å²) >= 11 is 0. The summed E-state index contributed by atoms with van der Waals surface area (Å²) in [6.07, 6.45) is -4.26. The Bertz CT molecular complexity index is 314. The van der Waals surface area contributed by atoms with Crippen LogP contribution in [0.25, 0.3) is 0 Å². The van der Waals surface area contributed by atoms with E-state index in [4.69, 9.17) is 0 Å². The summed E-state index contributed by atoms with van der Waals surface area (Å²) in [5.74, 6) is -0.104. The lowest BCUT2D eigenvalue weighted by atomic mass is 10.4. The van der Waals surface area contributed by atoms with Crippen LogP contribution in [-0.4, -0.2) is 12.3 Å². The molecule has 78 valence electrons. The Labute approximate surface area is 78.3 Å². The van der Waals surface area contributed by atoms with E-state index in [2.05, 4.69) is 4.74 Å². The first-order chi connectivity index (χ1) is 6.39. The summed E-state index contributed by atoms with van der Waals surface area (Å²) in [6.45, 7) is 0.877. The third-order valence-corrected chi connectivity index (χ3v) is 1.52. The van der Waals surface area contributed by atoms with Crippen LogP contribution in [0.2, 0.25) is 0 Å². The van der Waals surface area contributed by atoms with Crippen LogP contribution in [0.3, 0.4) is 0 Å². The summed E-state index contributed by atoms with van der Waals surface area (Å²) < 4.78 is 41.0. The maximum Gasteiger partial charge on any atom is 0.425 e. The third-order valence-electron chi connectivity index (χ3n) is 1.52. The maximum atomic E-state index is 12.0. The zero-order chi connectivity index (χ0) is 10.8. The first-order valence-electron chi connectivity index (χ1n) is 3.82. The second kappa shape index (κ2) is 3.73. The van der Waals surface area contributed by atoms with Gasteiger partial charge in [-0.25, -0.2) is 0 Å². The minimum Gasteiger partial charge on any atom is -0.619 e. The number of hydrogen-bond donors (Lipinski definition) is 0. The lowest BCUT2D eigenvalue weighted by molar-refractivity contribution is -0.605. The van der Waals surface area contributed by atoms with Gasteiger partial charge in [-0.3, -0.25) is 0 Å². The van der Waals surface area contributed by atoms with Gasteiger partial charge in [0.05, 0.1) is 0 Å². The molecule has 3 nitrogen and oxygen atoms in total. The lowest BCUT2D eigenvalue weighted by Gasteiger charge is -2.16. The van der Waals surface area contributed by atoms with E-state index in [1.165, 1.54) is 12.1 Å². The summed E-state index contributed by atoms with van der Waals surface area (Å²) in [6, 6.07) is 2.60. The highest BCUT2D eigenvalue weighted by Gasteiger charge is 2.38. The van der Waals surface area contributed by atoms with Crippen LogP contribution in [0.4, 0.5) is 13.2 Å². The highest BCUT2D eigenvalue weighted by molar-refractivity contribution is 5.13. The predicted octanol–water partition coefficient (Wildman–Crippen LogP) is 1.65. The van der Waals surface area contributed by atoms with Gasteiger partial charge in [-0.15, -0.1) is 0 Å². The van der Waals surface area contributed by atoms with E-state index < -0.39 is 12.3 Å². The molecule has 0 fully saturated rings. The topological polar surface area (TPSA) is 36.2 Å². The van der Waals surface area contributed by atoms with Crippen molar-refractivity contribution in [3.63, 3.8) is 0 Å². The smallest absolute Gasteiger partial charge is 0.425 e. The molecular formula is C8H8F3NO2. The van der Waals surface area contributed by atoms with Crippen LogP contribution in [0.5, 0.6) is 5.75 Å². The predicted molar refractivity (Wildman–Crippen MR) is 41.5 cm³/mol. The van der Waals surface area contributed by atoms with Crippen LogP contribution in [0.1, 0.15) is 6.92 Å². The van der Waals surface area contributed by atoms with Crippen LogP contribution in [0, 0.1) is 5.21 Å². The van der Waals surface area contributed by atoms with Gasteiger partial charge in [0.1, 0.15) is 0 Å². The molecule has 0 saturated heterocycles. The molecule has 0 aliphatic heterocycles. The van der Waals surface area contributed by atoms with E-state index in [0.29, 0.717) is 4.73 Å². The van der Waals surface area contributed by atoms with Crippen molar-refractivity contribution in [1.82, 2.24) is 0 Å². The van der Waals surface area contributed by atoms with Crippen LogP contribution in [-0.2, 0) is 0 Å². The quantitative estimate of drug-likeness (QED) is 0.546. The Morgan fingerprint density at radius 3 is 2.64 bits per heavy atom. The Balaban J connectivity index is 2.70. The Morgan fingerprint density at radius 1 is 1.50 bits per heavy atom. The number of halogens is 3. The van der Waals surface area contributed by atoms with E-state index in [9.17, 15) is 18.4 Å². The standard InChI is InChI=1S/C8H8F3NO2/c1-6(8(9,10)11)14-7-3-2-4-12(13)5-7/h2-6H,1H3. The summed E-state index contributed by atoms with van der Waals surface area (Å²) in [4.78, 5) is 0. The largest absolute Gasteiger partial charge is 0.619 e. The number of hydrogen-bond acceptors (Lipinski definition) is 2. The molecule has 0 spiro atoms. The van der Waals surface area contributed by atoms with Crippen LogP contribution < -0.4 is 9.47 Å². The zero-order valence-electron chi connectivity index (χ0n) is 7.28. The van der Waals surface area contributed by atoms with Crippen LogP contribution in [0.15, 0.2) is 24.5 Å². The molecule has 14 heavy (non-hydrogen) atoms. The summed E-state index contributed by atoms with van der Waals surface area (Å²) in [5, 5.41) is 10.7. The molecule has 1 unspecified atom stereocenters. The van der Waals surface area contributed by atoms with Gasteiger partial charge >= 0.3 is 6.18 Å². The van der Waals surface area contributed by atoms with Crippen molar-refractivity contribution in [2.24, 2.45) is 0 Å². The maximum absolute atomic E-state index is 12.0. The average molecular weight is 207 g/mol. The molecule has 0 saturated carbocycles. The van der Waals surface area contributed by atoms with E-state index in [1.807, 2.05) is 0 Å². The fourth-order valence-electron chi connectivity index (χ4n) is 0.775. The zero-order valence-corrected chi connectivity index (χ0v) is 7.28. The van der Waals surface area contributed by atoms with Crippen molar-refractivity contribution in [2.75, 3.05) is 0 Å². The fraction of sp³-hybridized carbons (Fsp3) is 0.375. The highest BCUT2D eigenvalue weighted by Crippen LogP contribution is 2.23. The Hall–Kier alpha value is -1.46. The van der Waals surface area contributed by atoms with Crippen LogP contribution >= 0.6 is 0 Å². The van der Waals surface area contributed by atoms with Gasteiger partial charge in [-0.2, -0.15) is 17.9 Å². The lowest BCUT2D eigenvalue weighted by Crippen LogP contribution is -2.32. The number of nitrogens with zero attached hydrogens (tertiary/aromatic N) is 1. The normalized spacial score (nSPS) is 13.7. The van der Waals surface area contributed by atoms with Crippen molar-refractivity contribution in [1.29, 1.82) is 0 Å². The van der Waals surface area contributed by atoms with Crippen molar-refractivity contribution in [2.45, 2.75) is 19.2 Å². The van der Waals surface area contributed by atoms with E-state index in [0.717, 1.165) is 19.3 Å². The highest BCUT2D eigenvalue weighted by atomic mass is 19.4. The number of pyridine rings is 1. The molecule has 1 rings (SSSR count). The number of aromatic nitrogens is 1. The van der Waals surface area contributed by atoms with Crippen molar-refractivity contribution in [3.05, 3.63) is 29.7 Å². The van der Waals surface area contributed by atoms with Gasteiger partial charge in [0, 0.05) is 6.07 Å². The molecule has 6 heteroatoms. The Morgan fingerprint density at radius 2 is 2.14 bits per heavy atom. The number of ether oxygens (including phenoxy) is 1. The molecule has 0 aliphatic carbocycles. The van der Waals surface area contributed by atoms with Gasteiger partial charge in [0.25, 0.3) is 0 Å². The fourth-order valence-corrected chi connectivity index (χ4v) is 0.775. The molecule has 0 aromatic carbocycles. The molecule has 0 aliphatic rings. The average Bonchev–Trinajstić information content (AvgIpc) is 2.02. The van der Waals surface area contributed by atoms with E-state index >= 15 is 0 Å². The molecule has 1 heterocycles. The van der Waals surface area contributed by atoms with Gasteiger partial charge in [-0.1, -0.05) is 0 Å². The molecule has 1 aromatic heterocycles. The van der Waals surface area contributed by atoms with E-state index in [1.54, 1.807) is 0 Å². The number of rotatable bonds is 2. The molecular weight excluding hydrogens is 199 g/mol. The van der Waals surface area contributed by atoms with Crippen molar-refractivity contribution in [3.8, 4) is 5.75 Å². The molecule has 0 amide bonds. The van der Waals surface area contributed by atoms with E-state index in [-0.39, 0.29) is 5.75 Å². The summed E-state index contributed by atoms with van der Waals surface area (Å²) in [5.41, 5.74) is 0. The third kappa shape index (κ3) is 2.79. The molecule has 0 N–H and O–H groups in total. The van der Waals surface area contributed by atoms with Gasteiger partial charge in [0.2, 0.25) is 6.20 Å². The van der Waals surface area contributed by atoms with Gasteiger partial charge in [-0.05, 0) is 13.0 Å². The number of alkyl halides is 3. The Kier molecular flexibility index (Phi) is 2.83. The molecule has 0 radical (unpaired) electrons.